The van der Waals surface area contributed by atoms with Gasteiger partial charge in [-0.3, -0.25) is 0 Å². The van der Waals surface area contributed by atoms with E-state index in [2.05, 4.69) is 22.0 Å². The minimum Gasteiger partial charge on any atom is -0.439 e. The molecule has 26 heavy (non-hydrogen) atoms. The summed E-state index contributed by atoms with van der Waals surface area (Å²) in [5.74, 6) is 3.76. The molecule has 1 saturated carbocycles. The number of rotatable bonds is 3. The summed E-state index contributed by atoms with van der Waals surface area (Å²) in [5.41, 5.74) is 1.44. The molecule has 4 heterocycles. The van der Waals surface area contributed by atoms with Gasteiger partial charge in [0.2, 0.25) is 5.88 Å². The van der Waals surface area contributed by atoms with Gasteiger partial charge in [0.05, 0.1) is 10.4 Å². The highest BCUT2D eigenvalue weighted by molar-refractivity contribution is 7.98. The lowest BCUT2D eigenvalue weighted by molar-refractivity contribution is 0.153. The molecule has 0 radical (unpaired) electrons. The van der Waals surface area contributed by atoms with E-state index in [1.165, 1.54) is 37.1 Å². The van der Waals surface area contributed by atoms with E-state index < -0.39 is 0 Å². The van der Waals surface area contributed by atoms with Crippen LogP contribution >= 0.6 is 23.5 Å². The van der Waals surface area contributed by atoms with Crippen LogP contribution in [0.4, 0.5) is 0 Å². The van der Waals surface area contributed by atoms with Crippen LogP contribution in [-0.2, 0) is 5.41 Å². The van der Waals surface area contributed by atoms with Crippen LogP contribution in [0.15, 0.2) is 47.0 Å². The Balaban J connectivity index is 1.43. The Morgan fingerprint density at radius 1 is 1.12 bits per heavy atom. The summed E-state index contributed by atoms with van der Waals surface area (Å²) in [7, 11) is 0. The van der Waals surface area contributed by atoms with Gasteiger partial charge in [0.1, 0.15) is 11.6 Å². The third-order valence-corrected chi connectivity index (χ3v) is 6.74. The van der Waals surface area contributed by atoms with Crippen molar-refractivity contribution in [3.05, 3.63) is 53.2 Å². The quantitative estimate of drug-likeness (QED) is 0.690. The van der Waals surface area contributed by atoms with Gasteiger partial charge in [-0.2, -0.15) is 0 Å². The molecule has 1 aromatic carbocycles. The minimum absolute atomic E-state index is 0.0826. The number of piperidine rings is 2. The molecule has 0 atom stereocenters. The summed E-state index contributed by atoms with van der Waals surface area (Å²) < 4.78 is 10.7. The Morgan fingerprint density at radius 3 is 2.65 bits per heavy atom. The highest BCUT2D eigenvalue weighted by Crippen LogP contribution is 2.49. The van der Waals surface area contributed by atoms with Crippen molar-refractivity contribution in [3.8, 4) is 11.6 Å². The first-order valence-corrected chi connectivity index (χ1v) is 10.4. The Hall–Kier alpha value is -1.72. The predicted octanol–water partition coefficient (Wildman–Crippen LogP) is 5.08. The molecular weight excluding hydrogens is 366 g/mol. The van der Waals surface area contributed by atoms with Crippen molar-refractivity contribution in [2.24, 2.45) is 4.40 Å². The van der Waals surface area contributed by atoms with E-state index in [1.807, 2.05) is 12.1 Å². The van der Waals surface area contributed by atoms with Gasteiger partial charge in [0, 0.05) is 30.6 Å². The lowest BCUT2D eigenvalue weighted by Crippen LogP contribution is -2.61. The van der Waals surface area contributed by atoms with E-state index >= 15 is 0 Å². The topological polar surface area (TPSA) is 37.7 Å². The van der Waals surface area contributed by atoms with E-state index in [-0.39, 0.29) is 5.41 Å². The Labute approximate surface area is 162 Å². The molecular formula is C20H20ClN3OS. The zero-order chi connectivity index (χ0) is 17.6. The fourth-order valence-electron chi connectivity index (χ4n) is 4.56. The lowest BCUT2D eigenvalue weighted by Gasteiger charge is -2.55. The first-order valence-electron chi connectivity index (χ1n) is 9.12. The first kappa shape index (κ1) is 16.5. The van der Waals surface area contributed by atoms with Gasteiger partial charge in [-0.1, -0.05) is 23.7 Å². The molecule has 4 aliphatic rings. The number of ether oxygens (including phenoxy) is 1. The van der Waals surface area contributed by atoms with Gasteiger partial charge in [-0.15, -0.1) is 0 Å². The molecule has 4 nitrogen and oxygen atoms in total. The standard InChI is InChI=1S/C20H20ClN3OS/c21-15-3-6-18(22-13-15)25-17-4-1-14(2-5-17)20-9-7-16(8-10-20)24-11-12-26-23-19(20)24/h1-6,13,16H,7-12H2. The Morgan fingerprint density at radius 2 is 1.92 bits per heavy atom. The number of benzene rings is 1. The van der Waals surface area contributed by atoms with E-state index in [1.54, 1.807) is 30.3 Å². The van der Waals surface area contributed by atoms with Crippen LogP contribution < -0.4 is 4.74 Å². The summed E-state index contributed by atoms with van der Waals surface area (Å²) in [6.07, 6.45) is 6.55. The lowest BCUT2D eigenvalue weighted by atomic mass is 9.63. The van der Waals surface area contributed by atoms with E-state index in [0.717, 1.165) is 18.0 Å². The third kappa shape index (κ3) is 2.69. The van der Waals surface area contributed by atoms with Crippen LogP contribution in [0.2, 0.25) is 5.02 Å². The maximum absolute atomic E-state index is 5.88. The van der Waals surface area contributed by atoms with Gasteiger partial charge in [-0.05, 0) is 61.4 Å². The van der Waals surface area contributed by atoms with Crippen molar-refractivity contribution >= 4 is 29.4 Å². The number of nitrogens with zero attached hydrogens (tertiary/aromatic N) is 3. The number of hydrogen-bond donors (Lipinski definition) is 0. The highest BCUT2D eigenvalue weighted by Gasteiger charge is 2.51. The predicted molar refractivity (Wildman–Crippen MR) is 106 cm³/mol. The molecule has 1 aromatic heterocycles. The zero-order valence-electron chi connectivity index (χ0n) is 14.4. The second-order valence-corrected chi connectivity index (χ2v) is 8.48. The Bertz CT molecular complexity index is 829. The molecule has 134 valence electrons. The van der Waals surface area contributed by atoms with E-state index in [4.69, 9.17) is 20.7 Å². The molecule has 0 amide bonds. The average molecular weight is 386 g/mol. The maximum atomic E-state index is 5.88. The molecule has 1 aliphatic carbocycles. The zero-order valence-corrected chi connectivity index (χ0v) is 16.0. The maximum Gasteiger partial charge on any atom is 0.219 e. The molecule has 2 bridgehead atoms. The smallest absolute Gasteiger partial charge is 0.219 e. The number of amidine groups is 1. The monoisotopic (exact) mass is 385 g/mol. The number of aromatic nitrogens is 1. The summed E-state index contributed by atoms with van der Waals surface area (Å²) in [6.45, 7) is 1.14. The average Bonchev–Trinajstić information content (AvgIpc) is 2.71. The van der Waals surface area contributed by atoms with Gasteiger partial charge in [-0.25, -0.2) is 9.38 Å². The van der Waals surface area contributed by atoms with E-state index in [9.17, 15) is 0 Å². The van der Waals surface area contributed by atoms with Gasteiger partial charge in [0.15, 0.2) is 0 Å². The minimum atomic E-state index is 0.0826. The fourth-order valence-corrected chi connectivity index (χ4v) is 5.44. The van der Waals surface area contributed by atoms with E-state index in [0.29, 0.717) is 16.9 Å². The number of hydrogen-bond acceptors (Lipinski definition) is 5. The number of fused-ring (bicyclic) bond motifs is 2. The van der Waals surface area contributed by atoms with Gasteiger partial charge >= 0.3 is 0 Å². The van der Waals surface area contributed by atoms with Crippen molar-refractivity contribution in [3.63, 3.8) is 0 Å². The van der Waals surface area contributed by atoms with Crippen molar-refractivity contribution in [1.29, 1.82) is 0 Å². The largest absolute Gasteiger partial charge is 0.439 e. The normalized spacial score (nSPS) is 27.0. The van der Waals surface area contributed by atoms with Crippen molar-refractivity contribution in [2.75, 3.05) is 12.3 Å². The van der Waals surface area contributed by atoms with Crippen LogP contribution in [-0.4, -0.2) is 34.1 Å². The molecule has 2 aromatic rings. The summed E-state index contributed by atoms with van der Waals surface area (Å²) in [6, 6.07) is 12.8. The fraction of sp³-hybridized carbons (Fsp3) is 0.400. The van der Waals surface area contributed by atoms with Crippen molar-refractivity contribution < 1.29 is 4.74 Å². The highest BCUT2D eigenvalue weighted by atomic mass is 35.5. The van der Waals surface area contributed by atoms with Gasteiger partial charge in [0.25, 0.3) is 0 Å². The van der Waals surface area contributed by atoms with Gasteiger partial charge < -0.3 is 9.64 Å². The SMILES string of the molecule is Clc1ccc(Oc2ccc(C34CCC(CC3)N3CCSN=C34)cc2)nc1. The second-order valence-electron chi connectivity index (χ2n) is 7.20. The van der Waals surface area contributed by atoms with Crippen LogP contribution in [0.1, 0.15) is 31.2 Å². The third-order valence-electron chi connectivity index (χ3n) is 5.85. The van der Waals surface area contributed by atoms with Crippen LogP contribution in [0, 0.1) is 0 Å². The van der Waals surface area contributed by atoms with Crippen LogP contribution in [0.5, 0.6) is 11.6 Å². The molecule has 0 N–H and O–H groups in total. The molecule has 0 spiro atoms. The Kier molecular flexibility index (Phi) is 4.09. The molecule has 6 rings (SSSR count). The number of pyridine rings is 1. The molecule has 6 heteroatoms. The summed E-state index contributed by atoms with van der Waals surface area (Å²) in [5, 5.41) is 0.607. The molecule has 0 unspecified atom stereocenters. The molecule has 3 aliphatic heterocycles. The molecule has 3 fully saturated rings. The summed E-state index contributed by atoms with van der Waals surface area (Å²) in [4.78, 5) is 6.77. The van der Waals surface area contributed by atoms with Crippen LogP contribution in [0.25, 0.3) is 0 Å². The summed E-state index contributed by atoms with van der Waals surface area (Å²) >= 11 is 7.60. The number of halogens is 1. The molecule has 2 saturated heterocycles. The van der Waals surface area contributed by atoms with Crippen molar-refractivity contribution in [1.82, 2.24) is 9.88 Å². The second kappa shape index (κ2) is 6.46. The van der Waals surface area contributed by atoms with Crippen LogP contribution in [0.3, 0.4) is 0 Å². The van der Waals surface area contributed by atoms with Crippen molar-refractivity contribution in [2.45, 2.75) is 37.1 Å². The first-order chi connectivity index (χ1) is 12.7.